The van der Waals surface area contributed by atoms with Crippen molar-refractivity contribution in [3.05, 3.63) is 0 Å². The van der Waals surface area contributed by atoms with Crippen molar-refractivity contribution in [1.29, 1.82) is 0 Å². The molecular formula is C11H20N2O4S. The van der Waals surface area contributed by atoms with Crippen molar-refractivity contribution in [2.75, 3.05) is 25.1 Å². The fourth-order valence-electron chi connectivity index (χ4n) is 2.12. The largest absolute Gasteiger partial charge is 0.480 e. The lowest BCUT2D eigenvalue weighted by atomic mass is 10.0. The fourth-order valence-corrected chi connectivity index (χ4v) is 2.67. The number of nitrogens with one attached hydrogen (secondary N) is 1. The number of carboxylic acid groups (broad SMARTS) is 1. The van der Waals surface area contributed by atoms with Crippen molar-refractivity contribution in [1.82, 2.24) is 10.2 Å². The normalized spacial score (nSPS) is 24.9. The van der Waals surface area contributed by atoms with E-state index in [0.717, 1.165) is 0 Å². The Bertz CT molecular complexity index is 348. The minimum Gasteiger partial charge on any atom is -0.480 e. The highest BCUT2D eigenvalue weighted by Crippen LogP contribution is 2.23. The second-order valence-corrected chi connectivity index (χ2v) is 6.16. The van der Waals surface area contributed by atoms with Crippen LogP contribution in [0.15, 0.2) is 0 Å². The molecule has 0 bridgehead atoms. The Hall–Kier alpha value is -1.11. The summed E-state index contributed by atoms with van der Waals surface area (Å²) in [6, 6.07) is -1.07. The third-order valence-corrected chi connectivity index (χ3v) is 3.96. The molecule has 0 aromatic heterocycles. The van der Waals surface area contributed by atoms with E-state index >= 15 is 0 Å². The molecule has 2 amide bonds. The van der Waals surface area contributed by atoms with Crippen molar-refractivity contribution in [2.45, 2.75) is 25.8 Å². The molecule has 6 nitrogen and oxygen atoms in total. The van der Waals surface area contributed by atoms with Crippen LogP contribution in [0.25, 0.3) is 0 Å². The summed E-state index contributed by atoms with van der Waals surface area (Å²) in [6.07, 6.45) is 2.96. The van der Waals surface area contributed by atoms with E-state index in [1.807, 2.05) is 6.92 Å². The summed E-state index contributed by atoms with van der Waals surface area (Å²) in [5.41, 5.74) is 0. The third-order valence-electron chi connectivity index (χ3n) is 3.10. The Morgan fingerprint density at radius 3 is 2.72 bits per heavy atom. The average Bonchev–Trinajstić information content (AvgIpc) is 2.66. The van der Waals surface area contributed by atoms with Gasteiger partial charge in [-0.15, -0.1) is 0 Å². The van der Waals surface area contributed by atoms with E-state index in [1.54, 1.807) is 6.26 Å². The zero-order chi connectivity index (χ0) is 13.7. The van der Waals surface area contributed by atoms with Crippen LogP contribution in [0.1, 0.15) is 19.8 Å². The summed E-state index contributed by atoms with van der Waals surface area (Å²) in [6.45, 7) is 2.74. The summed E-state index contributed by atoms with van der Waals surface area (Å²) in [5, 5.41) is 11.8. The van der Waals surface area contributed by atoms with Crippen molar-refractivity contribution >= 4 is 22.8 Å². The van der Waals surface area contributed by atoms with Crippen LogP contribution in [-0.4, -0.2) is 57.4 Å². The third kappa shape index (κ3) is 3.97. The molecule has 1 heterocycles. The van der Waals surface area contributed by atoms with Gasteiger partial charge in [-0.05, 0) is 18.8 Å². The lowest BCUT2D eigenvalue weighted by molar-refractivity contribution is -0.142. The number of hydrogen-bond donors (Lipinski definition) is 2. The molecule has 0 saturated carbocycles. The summed E-state index contributed by atoms with van der Waals surface area (Å²) < 4.78 is 10.8. The lowest BCUT2D eigenvalue weighted by Gasteiger charge is -2.23. The van der Waals surface area contributed by atoms with Gasteiger partial charge < -0.3 is 15.3 Å². The van der Waals surface area contributed by atoms with E-state index in [1.165, 1.54) is 4.90 Å². The predicted octanol–water partition coefficient (Wildman–Crippen LogP) is 0.260. The molecule has 0 aromatic carbocycles. The molecule has 0 spiro atoms. The number of urea groups is 1. The van der Waals surface area contributed by atoms with E-state index in [4.69, 9.17) is 5.11 Å². The van der Waals surface area contributed by atoms with Gasteiger partial charge in [0, 0.05) is 35.9 Å². The molecule has 1 rings (SSSR count). The standard InChI is InChI=1S/C11H20N2O4S/c1-8-4-6-13(9(8)10(14)15)11(16)12-5-3-7-18(2)17/h8-9H,3-7H2,1-2H3,(H,12,16)(H,14,15). The molecule has 3 unspecified atom stereocenters. The smallest absolute Gasteiger partial charge is 0.326 e. The van der Waals surface area contributed by atoms with Crippen LogP contribution < -0.4 is 5.32 Å². The van der Waals surface area contributed by atoms with Gasteiger partial charge in [0.1, 0.15) is 6.04 Å². The van der Waals surface area contributed by atoms with Crippen LogP contribution in [-0.2, 0) is 15.6 Å². The van der Waals surface area contributed by atoms with Crippen LogP contribution in [0.3, 0.4) is 0 Å². The maximum absolute atomic E-state index is 11.8. The van der Waals surface area contributed by atoms with Crippen molar-refractivity contribution in [3.8, 4) is 0 Å². The van der Waals surface area contributed by atoms with Crippen LogP contribution in [0.5, 0.6) is 0 Å². The first-order valence-electron chi connectivity index (χ1n) is 6.00. The summed E-state index contributed by atoms with van der Waals surface area (Å²) in [7, 11) is -0.861. The van der Waals surface area contributed by atoms with Crippen LogP contribution in [0.4, 0.5) is 4.79 Å². The molecule has 1 aliphatic rings. The van der Waals surface area contributed by atoms with E-state index < -0.39 is 22.8 Å². The van der Waals surface area contributed by atoms with Gasteiger partial charge in [-0.3, -0.25) is 4.21 Å². The number of nitrogens with zero attached hydrogens (tertiary/aromatic N) is 1. The number of aliphatic carboxylic acids is 1. The van der Waals surface area contributed by atoms with E-state index in [-0.39, 0.29) is 11.9 Å². The average molecular weight is 276 g/mol. The maximum Gasteiger partial charge on any atom is 0.326 e. The molecule has 0 aromatic rings. The van der Waals surface area contributed by atoms with Gasteiger partial charge in [-0.25, -0.2) is 9.59 Å². The molecule has 0 radical (unpaired) electrons. The molecular weight excluding hydrogens is 256 g/mol. The molecule has 1 saturated heterocycles. The maximum atomic E-state index is 11.8. The number of carbonyl (C=O) groups excluding carboxylic acids is 1. The Kier molecular flexibility index (Phi) is 5.58. The highest BCUT2D eigenvalue weighted by Gasteiger charge is 2.39. The summed E-state index contributed by atoms with van der Waals surface area (Å²) >= 11 is 0. The number of carboxylic acids is 1. The Morgan fingerprint density at radius 2 is 2.17 bits per heavy atom. The first-order chi connectivity index (χ1) is 8.43. The zero-order valence-corrected chi connectivity index (χ0v) is 11.5. The molecule has 0 aliphatic carbocycles. The number of hydrogen-bond acceptors (Lipinski definition) is 3. The SMILES string of the molecule is CC1CCN(C(=O)NCCCS(C)=O)C1C(=O)O. The van der Waals surface area contributed by atoms with Crippen LogP contribution in [0, 0.1) is 5.92 Å². The highest BCUT2D eigenvalue weighted by atomic mass is 32.2. The van der Waals surface area contributed by atoms with Gasteiger partial charge in [0.25, 0.3) is 0 Å². The predicted molar refractivity (Wildman–Crippen MR) is 68.9 cm³/mol. The molecule has 104 valence electrons. The highest BCUT2D eigenvalue weighted by molar-refractivity contribution is 7.84. The molecule has 2 N–H and O–H groups in total. The van der Waals surface area contributed by atoms with Gasteiger partial charge in [-0.2, -0.15) is 0 Å². The fraction of sp³-hybridized carbons (Fsp3) is 0.818. The van der Waals surface area contributed by atoms with E-state index in [2.05, 4.69) is 5.32 Å². The molecule has 1 fully saturated rings. The summed E-state index contributed by atoms with van der Waals surface area (Å²) in [5.74, 6) is -0.430. The number of carbonyl (C=O) groups is 2. The first-order valence-corrected chi connectivity index (χ1v) is 7.73. The molecule has 7 heteroatoms. The summed E-state index contributed by atoms with van der Waals surface area (Å²) in [4.78, 5) is 24.3. The van der Waals surface area contributed by atoms with Crippen LogP contribution >= 0.6 is 0 Å². The van der Waals surface area contributed by atoms with Crippen molar-refractivity contribution in [3.63, 3.8) is 0 Å². The van der Waals surface area contributed by atoms with Gasteiger partial charge in [-0.1, -0.05) is 6.92 Å². The topological polar surface area (TPSA) is 86.7 Å². The Balaban J connectivity index is 2.41. The van der Waals surface area contributed by atoms with E-state index in [9.17, 15) is 13.8 Å². The van der Waals surface area contributed by atoms with Gasteiger partial charge >= 0.3 is 12.0 Å². The van der Waals surface area contributed by atoms with Crippen LogP contribution in [0.2, 0.25) is 0 Å². The number of likely N-dealkylation sites (tertiary alicyclic amines) is 1. The Labute approximate surface area is 109 Å². The quantitative estimate of drug-likeness (QED) is 0.705. The zero-order valence-electron chi connectivity index (χ0n) is 10.7. The minimum absolute atomic E-state index is 0.0172. The number of amides is 2. The molecule has 18 heavy (non-hydrogen) atoms. The molecule has 3 atom stereocenters. The van der Waals surface area contributed by atoms with E-state index in [0.29, 0.717) is 31.7 Å². The van der Waals surface area contributed by atoms with Gasteiger partial charge in [0.05, 0.1) is 0 Å². The Morgan fingerprint density at radius 1 is 1.50 bits per heavy atom. The number of rotatable bonds is 5. The minimum atomic E-state index is -0.954. The monoisotopic (exact) mass is 276 g/mol. The van der Waals surface area contributed by atoms with Crippen molar-refractivity contribution in [2.24, 2.45) is 5.92 Å². The first kappa shape index (κ1) is 14.9. The van der Waals surface area contributed by atoms with Gasteiger partial charge in [0.15, 0.2) is 0 Å². The van der Waals surface area contributed by atoms with Crippen molar-refractivity contribution < 1.29 is 18.9 Å². The molecule has 1 aliphatic heterocycles. The second-order valence-electron chi connectivity index (χ2n) is 4.61. The second kappa shape index (κ2) is 6.72. The lowest BCUT2D eigenvalue weighted by Crippen LogP contribution is -2.47. The van der Waals surface area contributed by atoms with Gasteiger partial charge in [0.2, 0.25) is 0 Å².